The van der Waals surface area contributed by atoms with Crippen LogP contribution in [0.4, 0.5) is 0 Å². The summed E-state index contributed by atoms with van der Waals surface area (Å²) in [5.41, 5.74) is 3.55. The fourth-order valence-corrected chi connectivity index (χ4v) is 7.11. The molecule has 0 spiro atoms. The Morgan fingerprint density at radius 3 is 2.86 bits per heavy atom. The first-order chi connectivity index (χ1) is 10.1. The largest absolute Gasteiger partial charge is 0.508 e. The van der Waals surface area contributed by atoms with E-state index in [4.69, 9.17) is 0 Å². The number of rotatable bonds is 1. The summed E-state index contributed by atoms with van der Waals surface area (Å²) in [6.07, 6.45) is 10.4. The number of hydrogen-bond donors (Lipinski definition) is 1. The van der Waals surface area contributed by atoms with Gasteiger partial charge in [0.05, 0.1) is 0 Å². The molecule has 0 heterocycles. The first-order valence-electron chi connectivity index (χ1n) is 8.48. The van der Waals surface area contributed by atoms with Gasteiger partial charge in [-0.2, -0.15) is 11.8 Å². The minimum atomic E-state index is 0.441. The molecule has 0 amide bonds. The Bertz CT molecular complexity index is 554. The summed E-state index contributed by atoms with van der Waals surface area (Å²) in [6, 6.07) is 6.12. The van der Waals surface area contributed by atoms with Gasteiger partial charge in [0.25, 0.3) is 0 Å². The highest BCUT2D eigenvalue weighted by molar-refractivity contribution is 7.99. The van der Waals surface area contributed by atoms with Crippen molar-refractivity contribution in [2.24, 2.45) is 17.3 Å². The first-order valence-corrected chi connectivity index (χ1v) is 9.77. The van der Waals surface area contributed by atoms with Crippen LogP contribution in [0.2, 0.25) is 0 Å². The molecule has 0 bridgehead atoms. The van der Waals surface area contributed by atoms with Crippen LogP contribution in [-0.4, -0.2) is 16.6 Å². The van der Waals surface area contributed by atoms with E-state index in [0.717, 1.165) is 23.0 Å². The number of hydrogen-bond acceptors (Lipinski definition) is 2. The average molecular weight is 302 g/mol. The SMILES string of the molecule is CS[C@H]1CC[C@H]2[C@@H]3CCc4cc(O)ccc4[C@H]3CC[C@]12C. The fourth-order valence-electron chi connectivity index (χ4n) is 5.91. The summed E-state index contributed by atoms with van der Waals surface area (Å²) in [7, 11) is 0. The second-order valence-corrected chi connectivity index (χ2v) is 8.69. The van der Waals surface area contributed by atoms with E-state index in [1.807, 2.05) is 12.1 Å². The third-order valence-electron chi connectivity index (χ3n) is 6.91. The third kappa shape index (κ3) is 1.98. The van der Waals surface area contributed by atoms with Crippen molar-refractivity contribution >= 4 is 11.8 Å². The molecule has 2 fully saturated rings. The van der Waals surface area contributed by atoms with Gasteiger partial charge < -0.3 is 5.11 Å². The van der Waals surface area contributed by atoms with Gasteiger partial charge in [0.1, 0.15) is 5.75 Å². The van der Waals surface area contributed by atoms with Crippen molar-refractivity contribution in [2.45, 2.75) is 56.6 Å². The molecule has 1 N–H and O–H groups in total. The molecule has 2 saturated carbocycles. The van der Waals surface area contributed by atoms with Crippen molar-refractivity contribution in [3.63, 3.8) is 0 Å². The fraction of sp³-hybridized carbons (Fsp3) is 0.684. The molecule has 3 aliphatic carbocycles. The van der Waals surface area contributed by atoms with Gasteiger partial charge in [-0.05, 0) is 91.2 Å². The highest BCUT2D eigenvalue weighted by atomic mass is 32.2. The molecular formula is C19H26OS. The summed E-state index contributed by atoms with van der Waals surface area (Å²) < 4.78 is 0. The number of thioether (sulfide) groups is 1. The van der Waals surface area contributed by atoms with Gasteiger partial charge in [0.2, 0.25) is 0 Å². The molecule has 1 aromatic rings. The maximum Gasteiger partial charge on any atom is 0.115 e. The van der Waals surface area contributed by atoms with Gasteiger partial charge in [0, 0.05) is 5.25 Å². The van der Waals surface area contributed by atoms with Crippen molar-refractivity contribution in [3.05, 3.63) is 29.3 Å². The maximum atomic E-state index is 9.74. The zero-order chi connectivity index (χ0) is 14.6. The Kier molecular flexibility index (Phi) is 3.29. The monoisotopic (exact) mass is 302 g/mol. The lowest BCUT2D eigenvalue weighted by atomic mass is 9.56. The van der Waals surface area contributed by atoms with Gasteiger partial charge in [-0.25, -0.2) is 0 Å². The van der Waals surface area contributed by atoms with E-state index >= 15 is 0 Å². The van der Waals surface area contributed by atoms with Gasteiger partial charge in [0.15, 0.2) is 0 Å². The summed E-state index contributed by atoms with van der Waals surface area (Å²) >= 11 is 2.11. The van der Waals surface area contributed by atoms with Gasteiger partial charge in [-0.1, -0.05) is 13.0 Å². The van der Waals surface area contributed by atoms with Crippen LogP contribution in [0.3, 0.4) is 0 Å². The van der Waals surface area contributed by atoms with Crippen LogP contribution in [0.15, 0.2) is 18.2 Å². The zero-order valence-corrected chi connectivity index (χ0v) is 14.0. The van der Waals surface area contributed by atoms with Gasteiger partial charge in [-0.3, -0.25) is 0 Å². The Morgan fingerprint density at radius 1 is 1.19 bits per heavy atom. The lowest BCUT2D eigenvalue weighted by Crippen LogP contribution is -2.43. The topological polar surface area (TPSA) is 20.2 Å². The van der Waals surface area contributed by atoms with Crippen molar-refractivity contribution in [1.82, 2.24) is 0 Å². The molecule has 114 valence electrons. The van der Waals surface area contributed by atoms with E-state index in [1.54, 1.807) is 5.56 Å². The van der Waals surface area contributed by atoms with Crippen molar-refractivity contribution in [3.8, 4) is 5.75 Å². The number of aryl methyl sites for hydroxylation is 1. The smallest absolute Gasteiger partial charge is 0.115 e. The Labute approximate surface area is 132 Å². The summed E-state index contributed by atoms with van der Waals surface area (Å²) in [5, 5.41) is 10.6. The molecular weight excluding hydrogens is 276 g/mol. The van der Waals surface area contributed by atoms with Crippen molar-refractivity contribution in [1.29, 1.82) is 0 Å². The van der Waals surface area contributed by atoms with Crippen LogP contribution in [0.5, 0.6) is 5.75 Å². The maximum absolute atomic E-state index is 9.74. The van der Waals surface area contributed by atoms with Crippen LogP contribution in [-0.2, 0) is 6.42 Å². The normalized spacial score (nSPS) is 41.2. The molecule has 0 saturated heterocycles. The molecule has 0 unspecified atom stereocenters. The highest BCUT2D eigenvalue weighted by Crippen LogP contribution is 2.62. The molecule has 1 nitrogen and oxygen atoms in total. The van der Waals surface area contributed by atoms with Gasteiger partial charge in [-0.15, -0.1) is 0 Å². The zero-order valence-electron chi connectivity index (χ0n) is 13.1. The van der Waals surface area contributed by atoms with Crippen LogP contribution >= 0.6 is 11.8 Å². The molecule has 3 aliphatic rings. The molecule has 0 aromatic heterocycles. The molecule has 4 rings (SSSR count). The number of aromatic hydroxyl groups is 1. The Balaban J connectivity index is 1.68. The first kappa shape index (κ1) is 14.0. The predicted molar refractivity (Wildman–Crippen MR) is 90.0 cm³/mol. The Morgan fingerprint density at radius 2 is 2.05 bits per heavy atom. The number of phenolic OH excluding ortho intramolecular Hbond substituents is 1. The number of benzene rings is 1. The van der Waals surface area contributed by atoms with Gasteiger partial charge >= 0.3 is 0 Å². The quantitative estimate of drug-likeness (QED) is 0.789. The van der Waals surface area contributed by atoms with E-state index in [1.165, 1.54) is 44.1 Å². The molecule has 21 heavy (non-hydrogen) atoms. The van der Waals surface area contributed by atoms with E-state index < -0.39 is 0 Å². The number of phenols is 1. The molecule has 5 atom stereocenters. The standard InChI is InChI=1S/C19H26OS/c1-19-10-9-15-14-6-4-13(20)11-12(14)3-5-16(15)17(19)7-8-18(19)21-2/h4,6,11,15-18,20H,3,5,7-10H2,1-2H3/t15-,16-,17+,18+,19+/m1/s1. The highest BCUT2D eigenvalue weighted by Gasteiger charge is 2.54. The molecule has 0 radical (unpaired) electrons. The lowest BCUT2D eigenvalue weighted by molar-refractivity contribution is 0.0631. The van der Waals surface area contributed by atoms with E-state index in [0.29, 0.717) is 11.2 Å². The van der Waals surface area contributed by atoms with Crippen LogP contribution in [0.25, 0.3) is 0 Å². The van der Waals surface area contributed by atoms with Crippen LogP contribution < -0.4 is 0 Å². The van der Waals surface area contributed by atoms with E-state index in [-0.39, 0.29) is 0 Å². The van der Waals surface area contributed by atoms with Crippen LogP contribution in [0, 0.1) is 17.3 Å². The minimum Gasteiger partial charge on any atom is -0.508 e. The summed E-state index contributed by atoms with van der Waals surface area (Å²) in [4.78, 5) is 0. The predicted octanol–water partition coefficient (Wildman–Crippen LogP) is 4.98. The lowest BCUT2D eigenvalue weighted by Gasteiger charge is -2.50. The second-order valence-electron chi connectivity index (χ2n) is 7.64. The molecule has 2 heteroatoms. The Hall–Kier alpha value is -0.630. The van der Waals surface area contributed by atoms with Crippen LogP contribution in [0.1, 0.15) is 56.1 Å². The molecule has 0 aliphatic heterocycles. The van der Waals surface area contributed by atoms with Crippen molar-refractivity contribution in [2.75, 3.05) is 6.26 Å². The summed E-state index contributed by atoms with van der Waals surface area (Å²) in [5.74, 6) is 3.01. The second kappa shape index (κ2) is 4.94. The molecule has 1 aromatic carbocycles. The van der Waals surface area contributed by atoms with E-state index in [2.05, 4.69) is 31.0 Å². The van der Waals surface area contributed by atoms with E-state index in [9.17, 15) is 5.11 Å². The summed E-state index contributed by atoms with van der Waals surface area (Å²) in [6.45, 7) is 2.58. The third-order valence-corrected chi connectivity index (χ3v) is 8.25. The number of fused-ring (bicyclic) bond motifs is 5. The average Bonchev–Trinajstić information content (AvgIpc) is 2.83. The minimum absolute atomic E-state index is 0.441. The van der Waals surface area contributed by atoms with Crippen molar-refractivity contribution < 1.29 is 5.11 Å².